The Morgan fingerprint density at radius 1 is 1.00 bits per heavy atom. The van der Waals surface area contributed by atoms with Gasteiger partial charge in [-0.2, -0.15) is 0 Å². The first kappa shape index (κ1) is 22.6. The topological polar surface area (TPSA) is 104 Å². The lowest BCUT2D eigenvalue weighted by atomic mass is 10.1. The van der Waals surface area contributed by atoms with Crippen molar-refractivity contribution in [2.45, 2.75) is 11.5 Å². The summed E-state index contributed by atoms with van der Waals surface area (Å²) in [4.78, 5) is 11.1. The fraction of sp³-hybridized carbons (Fsp3) is 0.136. The maximum Gasteiger partial charge on any atom is 0.335 e. The summed E-state index contributed by atoms with van der Waals surface area (Å²) in [6.45, 7) is -0.515. The summed E-state index contributed by atoms with van der Waals surface area (Å²) in [5.74, 6) is -0.821. The van der Waals surface area contributed by atoms with E-state index in [2.05, 4.69) is 0 Å². The van der Waals surface area contributed by atoms with Crippen molar-refractivity contribution in [3.05, 3.63) is 88.9 Å². The number of halogens is 1. The number of rotatable bonds is 9. The van der Waals surface area contributed by atoms with Crippen molar-refractivity contribution in [3.63, 3.8) is 0 Å². The van der Waals surface area contributed by atoms with E-state index >= 15 is 0 Å². The number of hydrogen-bond donors (Lipinski definition) is 2. The Morgan fingerprint density at radius 3 is 2.29 bits per heavy atom. The number of carbonyl (C=O) groups is 1. The lowest BCUT2D eigenvalue weighted by Crippen LogP contribution is -2.34. The zero-order valence-corrected chi connectivity index (χ0v) is 17.9. The largest absolute Gasteiger partial charge is 0.487 e. The zero-order chi connectivity index (χ0) is 22.4. The van der Waals surface area contributed by atoms with E-state index in [0.29, 0.717) is 10.6 Å². The molecule has 0 amide bonds. The molecule has 3 aromatic carbocycles. The van der Waals surface area contributed by atoms with Crippen LogP contribution in [0.5, 0.6) is 5.75 Å². The van der Waals surface area contributed by atoms with Gasteiger partial charge in [0.2, 0.25) is 0 Å². The molecule has 0 saturated carbocycles. The highest BCUT2D eigenvalue weighted by molar-refractivity contribution is 7.92. The third kappa shape index (κ3) is 5.35. The number of carboxylic acids is 1. The number of sulfonamides is 1. The normalized spacial score (nSPS) is 11.2. The lowest BCUT2D eigenvalue weighted by molar-refractivity contribution is 0.0697. The summed E-state index contributed by atoms with van der Waals surface area (Å²) in [6.07, 6.45) is 0. The minimum absolute atomic E-state index is 0.0611. The van der Waals surface area contributed by atoms with Gasteiger partial charge in [-0.25, -0.2) is 13.2 Å². The smallest absolute Gasteiger partial charge is 0.335 e. The van der Waals surface area contributed by atoms with E-state index in [0.717, 1.165) is 4.31 Å². The van der Waals surface area contributed by atoms with Crippen LogP contribution in [0.2, 0.25) is 5.02 Å². The fourth-order valence-electron chi connectivity index (χ4n) is 2.89. The highest BCUT2D eigenvalue weighted by Crippen LogP contribution is 2.35. The summed E-state index contributed by atoms with van der Waals surface area (Å²) in [5, 5.41) is 18.9. The van der Waals surface area contributed by atoms with Crippen LogP contribution in [-0.2, 0) is 16.6 Å². The Hall–Kier alpha value is -3.07. The number of aliphatic hydroxyl groups excluding tert-OH is 1. The summed E-state index contributed by atoms with van der Waals surface area (Å²) in [6, 6.07) is 18.6. The molecule has 0 bridgehead atoms. The third-order valence-corrected chi connectivity index (χ3v) is 6.48. The Labute approximate surface area is 185 Å². The van der Waals surface area contributed by atoms with E-state index in [4.69, 9.17) is 21.4 Å². The van der Waals surface area contributed by atoms with Gasteiger partial charge >= 0.3 is 5.97 Å². The predicted octanol–water partition coefficient (Wildman–Crippen LogP) is 3.80. The number of anilines is 1. The fourth-order valence-corrected chi connectivity index (χ4v) is 4.54. The van der Waals surface area contributed by atoms with E-state index in [1.54, 1.807) is 30.3 Å². The molecule has 0 saturated heterocycles. The van der Waals surface area contributed by atoms with E-state index in [9.17, 15) is 18.3 Å². The summed E-state index contributed by atoms with van der Waals surface area (Å²) < 4.78 is 33.3. The molecule has 3 aromatic rings. The van der Waals surface area contributed by atoms with Crippen LogP contribution < -0.4 is 9.04 Å². The molecule has 0 aromatic heterocycles. The van der Waals surface area contributed by atoms with Crippen LogP contribution >= 0.6 is 11.6 Å². The van der Waals surface area contributed by atoms with Gasteiger partial charge in [-0.3, -0.25) is 4.31 Å². The number of carboxylic acid groups (broad SMARTS) is 1. The SMILES string of the molecule is O=C(O)c1ccc(COc2cc(Cl)ccc2N(CCO)S(=O)(=O)c2ccccc2)cc1. The highest BCUT2D eigenvalue weighted by Gasteiger charge is 2.27. The van der Waals surface area contributed by atoms with Crippen molar-refractivity contribution < 1.29 is 28.2 Å². The van der Waals surface area contributed by atoms with Gasteiger partial charge in [-0.05, 0) is 42.0 Å². The molecule has 0 spiro atoms. The molecule has 0 aliphatic heterocycles. The monoisotopic (exact) mass is 461 g/mol. The van der Waals surface area contributed by atoms with Gasteiger partial charge < -0.3 is 14.9 Å². The van der Waals surface area contributed by atoms with E-state index in [1.165, 1.54) is 42.5 Å². The Balaban J connectivity index is 1.93. The molecular weight excluding hydrogens is 442 g/mol. The van der Waals surface area contributed by atoms with Gasteiger partial charge in [0.15, 0.2) is 0 Å². The molecular formula is C22H20ClNO6S. The van der Waals surface area contributed by atoms with Crippen molar-refractivity contribution in [2.24, 2.45) is 0 Å². The molecule has 0 atom stereocenters. The maximum absolute atomic E-state index is 13.2. The Kier molecular flexibility index (Phi) is 7.17. The van der Waals surface area contributed by atoms with Crippen LogP contribution in [-0.4, -0.2) is 37.8 Å². The number of hydrogen-bond acceptors (Lipinski definition) is 5. The average Bonchev–Trinajstić information content (AvgIpc) is 2.77. The quantitative estimate of drug-likeness (QED) is 0.502. The molecule has 2 N–H and O–H groups in total. The van der Waals surface area contributed by atoms with Gasteiger partial charge in [0, 0.05) is 11.1 Å². The molecule has 0 aliphatic rings. The second-order valence-corrected chi connectivity index (χ2v) is 8.82. The van der Waals surface area contributed by atoms with Crippen molar-refractivity contribution in [2.75, 3.05) is 17.5 Å². The molecule has 7 nitrogen and oxygen atoms in total. The van der Waals surface area contributed by atoms with E-state index < -0.39 is 22.6 Å². The van der Waals surface area contributed by atoms with Crippen LogP contribution in [0.1, 0.15) is 15.9 Å². The van der Waals surface area contributed by atoms with Gasteiger partial charge in [0.25, 0.3) is 10.0 Å². The predicted molar refractivity (Wildman–Crippen MR) is 117 cm³/mol. The molecule has 0 fully saturated rings. The lowest BCUT2D eigenvalue weighted by Gasteiger charge is -2.26. The van der Waals surface area contributed by atoms with Crippen LogP contribution in [0.4, 0.5) is 5.69 Å². The molecule has 3 rings (SSSR count). The van der Waals surface area contributed by atoms with E-state index in [-0.39, 0.29) is 35.0 Å². The molecule has 0 unspecified atom stereocenters. The first-order chi connectivity index (χ1) is 14.8. The molecule has 9 heteroatoms. The van der Waals surface area contributed by atoms with Crippen LogP contribution in [0, 0.1) is 0 Å². The minimum atomic E-state index is -3.96. The minimum Gasteiger partial charge on any atom is -0.487 e. The first-order valence-electron chi connectivity index (χ1n) is 9.26. The summed E-state index contributed by atoms with van der Waals surface area (Å²) >= 11 is 6.10. The third-order valence-electron chi connectivity index (χ3n) is 4.42. The number of ether oxygens (including phenoxy) is 1. The molecule has 0 radical (unpaired) electrons. The molecule has 31 heavy (non-hydrogen) atoms. The maximum atomic E-state index is 13.2. The second-order valence-electron chi connectivity index (χ2n) is 6.52. The van der Waals surface area contributed by atoms with Gasteiger partial charge in [0.05, 0.1) is 29.3 Å². The van der Waals surface area contributed by atoms with Crippen LogP contribution in [0.25, 0.3) is 0 Å². The van der Waals surface area contributed by atoms with Gasteiger partial charge in [0.1, 0.15) is 12.4 Å². The van der Waals surface area contributed by atoms with Gasteiger partial charge in [-0.1, -0.05) is 41.9 Å². The van der Waals surface area contributed by atoms with Crippen molar-refractivity contribution in [3.8, 4) is 5.75 Å². The number of aromatic carboxylic acids is 1. The molecule has 162 valence electrons. The second kappa shape index (κ2) is 9.82. The zero-order valence-electron chi connectivity index (χ0n) is 16.3. The Morgan fingerprint density at radius 2 is 1.68 bits per heavy atom. The number of nitrogens with zero attached hydrogens (tertiary/aromatic N) is 1. The van der Waals surface area contributed by atoms with Crippen molar-refractivity contribution >= 4 is 33.3 Å². The summed E-state index contributed by atoms with van der Waals surface area (Å²) in [5.41, 5.74) is 1.07. The van der Waals surface area contributed by atoms with Crippen molar-refractivity contribution in [1.29, 1.82) is 0 Å². The first-order valence-corrected chi connectivity index (χ1v) is 11.1. The average molecular weight is 462 g/mol. The van der Waals surface area contributed by atoms with Crippen LogP contribution in [0.3, 0.4) is 0 Å². The van der Waals surface area contributed by atoms with E-state index in [1.807, 2.05) is 0 Å². The van der Waals surface area contributed by atoms with Crippen LogP contribution in [0.15, 0.2) is 77.7 Å². The molecule has 0 heterocycles. The molecule has 0 aliphatic carbocycles. The standard InChI is InChI=1S/C22H20ClNO6S/c23-18-10-11-20(24(12-13-25)31(28,29)19-4-2-1-3-5-19)21(14-18)30-15-16-6-8-17(9-7-16)22(26)27/h1-11,14,25H,12-13,15H2,(H,26,27). The van der Waals surface area contributed by atoms with Gasteiger partial charge in [-0.15, -0.1) is 0 Å². The number of aliphatic hydroxyl groups is 1. The number of benzene rings is 3. The highest BCUT2D eigenvalue weighted by atomic mass is 35.5. The summed E-state index contributed by atoms with van der Waals surface area (Å²) in [7, 11) is -3.96. The van der Waals surface area contributed by atoms with Crippen molar-refractivity contribution in [1.82, 2.24) is 0 Å². The Bertz CT molecular complexity index is 1150.